The van der Waals surface area contributed by atoms with Crippen molar-refractivity contribution in [2.45, 2.75) is 84.1 Å². The van der Waals surface area contributed by atoms with E-state index in [4.69, 9.17) is 4.42 Å². The number of aryl methyl sites for hydroxylation is 1. The maximum atomic E-state index is 13.1. The Morgan fingerprint density at radius 1 is 0.971 bits per heavy atom. The number of carbonyl (C=O) groups excluding carboxylic acids is 1. The van der Waals surface area contributed by atoms with Gasteiger partial charge in [0.1, 0.15) is 5.76 Å². The quantitative estimate of drug-likeness (QED) is 0.391. The molecule has 0 bridgehead atoms. The molecule has 0 unspecified atom stereocenters. The fourth-order valence-electron chi connectivity index (χ4n) is 5.20. The number of likely N-dealkylation sites (N-methyl/N-ethyl adjacent to an activating group) is 1. The molecule has 3 heteroatoms. The average Bonchev–Trinajstić information content (AvgIpc) is 3.26. The van der Waals surface area contributed by atoms with Crippen LogP contribution < -0.4 is 0 Å². The molecule has 0 saturated carbocycles. The Balaban J connectivity index is 1.51. The highest BCUT2D eigenvalue weighted by atomic mass is 16.4. The molecule has 0 saturated heterocycles. The van der Waals surface area contributed by atoms with Gasteiger partial charge in [-0.1, -0.05) is 70.2 Å². The van der Waals surface area contributed by atoms with E-state index in [1.165, 1.54) is 40.7 Å². The van der Waals surface area contributed by atoms with Gasteiger partial charge in [-0.15, -0.1) is 0 Å². The second-order valence-corrected chi connectivity index (χ2v) is 11.5. The van der Waals surface area contributed by atoms with Crippen LogP contribution in [-0.2, 0) is 23.7 Å². The molecule has 2 aromatic carbocycles. The van der Waals surface area contributed by atoms with E-state index in [1.807, 2.05) is 37.4 Å². The van der Waals surface area contributed by atoms with Crippen molar-refractivity contribution in [3.8, 4) is 0 Å². The molecule has 1 atom stereocenters. The van der Waals surface area contributed by atoms with Crippen LogP contribution in [0.1, 0.15) is 91.6 Å². The maximum absolute atomic E-state index is 13.1. The van der Waals surface area contributed by atoms with Crippen LogP contribution in [0.5, 0.6) is 0 Å². The lowest BCUT2D eigenvalue weighted by atomic mass is 9.62. The number of rotatable bonds is 6. The summed E-state index contributed by atoms with van der Waals surface area (Å²) in [6.45, 7) is 13.7. The second kappa shape index (κ2) is 9.09. The largest absolute Gasteiger partial charge is 0.456 e. The Bertz CT molecular complexity index is 1170. The summed E-state index contributed by atoms with van der Waals surface area (Å²) in [6, 6.07) is 18.9. The molecule has 4 rings (SSSR count). The van der Waals surface area contributed by atoms with Gasteiger partial charge in [0.2, 0.25) is 0 Å². The van der Waals surface area contributed by atoms with Crippen LogP contribution in [0.3, 0.4) is 0 Å². The fourth-order valence-corrected chi connectivity index (χ4v) is 5.20. The monoisotopic (exact) mass is 457 g/mol. The molecule has 0 radical (unpaired) electrons. The van der Waals surface area contributed by atoms with E-state index in [0.29, 0.717) is 12.2 Å². The van der Waals surface area contributed by atoms with Crippen LogP contribution in [0.2, 0.25) is 0 Å². The second-order valence-electron chi connectivity index (χ2n) is 11.5. The maximum Gasteiger partial charge on any atom is 0.289 e. The molecule has 0 aliphatic heterocycles. The van der Waals surface area contributed by atoms with Crippen molar-refractivity contribution in [1.29, 1.82) is 0 Å². The summed E-state index contributed by atoms with van der Waals surface area (Å²) in [5.41, 5.74) is 7.13. The third-order valence-corrected chi connectivity index (χ3v) is 7.90. The van der Waals surface area contributed by atoms with Gasteiger partial charge in [-0.25, -0.2) is 0 Å². The first-order valence-corrected chi connectivity index (χ1v) is 12.5. The third-order valence-electron chi connectivity index (χ3n) is 7.90. The summed E-state index contributed by atoms with van der Waals surface area (Å²) >= 11 is 0. The number of fused-ring (bicyclic) bond motifs is 1. The van der Waals surface area contributed by atoms with Crippen molar-refractivity contribution in [2.75, 3.05) is 7.05 Å². The fraction of sp³-hybridized carbons (Fsp3) is 0.452. The van der Waals surface area contributed by atoms with Gasteiger partial charge >= 0.3 is 0 Å². The normalized spacial score (nSPS) is 17.1. The van der Waals surface area contributed by atoms with Crippen molar-refractivity contribution in [1.82, 2.24) is 4.90 Å². The van der Waals surface area contributed by atoms with E-state index in [-0.39, 0.29) is 22.8 Å². The molecule has 1 heterocycles. The predicted molar refractivity (Wildman–Crippen MR) is 140 cm³/mol. The zero-order valence-corrected chi connectivity index (χ0v) is 21.9. The van der Waals surface area contributed by atoms with Crippen molar-refractivity contribution in [3.63, 3.8) is 0 Å². The Morgan fingerprint density at radius 3 is 2.24 bits per heavy atom. The number of amides is 1. The molecule has 0 spiro atoms. The first kappa shape index (κ1) is 24.3. The van der Waals surface area contributed by atoms with Gasteiger partial charge in [-0.2, -0.15) is 0 Å². The molecule has 1 aromatic heterocycles. The molecule has 1 aliphatic rings. The van der Waals surface area contributed by atoms with E-state index in [2.05, 4.69) is 65.8 Å². The summed E-state index contributed by atoms with van der Waals surface area (Å²) < 4.78 is 6.07. The van der Waals surface area contributed by atoms with Gasteiger partial charge in [0, 0.05) is 19.5 Å². The number of benzene rings is 2. The van der Waals surface area contributed by atoms with Crippen LogP contribution in [0.4, 0.5) is 0 Å². The van der Waals surface area contributed by atoms with Gasteiger partial charge < -0.3 is 9.32 Å². The van der Waals surface area contributed by atoms with Gasteiger partial charge in [0.25, 0.3) is 5.91 Å². The number of furan rings is 1. The van der Waals surface area contributed by atoms with E-state index < -0.39 is 0 Å². The van der Waals surface area contributed by atoms with Crippen LogP contribution in [-0.4, -0.2) is 23.9 Å². The van der Waals surface area contributed by atoms with E-state index >= 15 is 0 Å². The predicted octanol–water partition coefficient (Wildman–Crippen LogP) is 7.23. The third kappa shape index (κ3) is 4.85. The van der Waals surface area contributed by atoms with Gasteiger partial charge in [0.05, 0.1) is 0 Å². The van der Waals surface area contributed by atoms with Gasteiger partial charge in [-0.05, 0) is 83.9 Å². The van der Waals surface area contributed by atoms with Crippen molar-refractivity contribution in [2.24, 2.45) is 0 Å². The molecule has 3 aromatic rings. The Labute approximate surface area is 205 Å². The zero-order chi connectivity index (χ0) is 24.7. The molecular weight excluding hydrogens is 418 g/mol. The highest BCUT2D eigenvalue weighted by Gasteiger charge is 2.37. The van der Waals surface area contributed by atoms with E-state index in [9.17, 15) is 4.79 Å². The van der Waals surface area contributed by atoms with Crippen LogP contribution in [0, 0.1) is 6.92 Å². The molecule has 34 heavy (non-hydrogen) atoms. The van der Waals surface area contributed by atoms with Crippen LogP contribution in [0.15, 0.2) is 59.0 Å². The van der Waals surface area contributed by atoms with Crippen molar-refractivity contribution >= 4 is 5.91 Å². The molecule has 1 aliphatic carbocycles. The lowest BCUT2D eigenvalue weighted by molar-refractivity contribution is 0.0709. The summed E-state index contributed by atoms with van der Waals surface area (Å²) in [4.78, 5) is 14.9. The highest BCUT2D eigenvalue weighted by Crippen LogP contribution is 2.46. The molecule has 0 N–H and O–H groups in total. The van der Waals surface area contributed by atoms with E-state index in [0.717, 1.165) is 12.2 Å². The summed E-state index contributed by atoms with van der Waals surface area (Å²) in [5, 5.41) is 0. The minimum Gasteiger partial charge on any atom is -0.456 e. The lowest BCUT2D eigenvalue weighted by Crippen LogP contribution is -2.36. The lowest BCUT2D eigenvalue weighted by Gasteiger charge is -2.42. The number of hydrogen-bond donors (Lipinski definition) is 0. The number of nitrogens with zero attached hydrogens (tertiary/aromatic N) is 1. The van der Waals surface area contributed by atoms with Gasteiger partial charge in [0.15, 0.2) is 5.76 Å². The first-order valence-electron chi connectivity index (χ1n) is 12.5. The molecular formula is C31H39NO2. The minimum atomic E-state index is -0.0697. The Morgan fingerprint density at radius 2 is 1.59 bits per heavy atom. The molecule has 180 valence electrons. The standard InChI is InChI=1S/C31H39NO2/c1-21-17-26-27(31(5,6)16-15-30(26,3)4)20-24(21)19-25-13-14-28(34-25)29(33)32(7)22(2)18-23-11-9-8-10-12-23/h8-14,17,20,22H,15-16,18-19H2,1-7H3/t22-/m0/s1. The van der Waals surface area contributed by atoms with Crippen LogP contribution in [0.25, 0.3) is 0 Å². The topological polar surface area (TPSA) is 33.5 Å². The summed E-state index contributed by atoms with van der Waals surface area (Å²) in [7, 11) is 1.86. The first-order chi connectivity index (χ1) is 16.0. The molecule has 3 nitrogen and oxygen atoms in total. The molecule has 0 fully saturated rings. The van der Waals surface area contributed by atoms with E-state index in [1.54, 1.807) is 4.90 Å². The zero-order valence-electron chi connectivity index (χ0n) is 21.9. The SMILES string of the molecule is Cc1cc2c(cc1Cc1ccc(C(=O)N(C)[C@@H](C)Cc3ccccc3)o1)C(C)(C)CCC2(C)C. The number of carbonyl (C=O) groups is 1. The van der Waals surface area contributed by atoms with Gasteiger partial charge in [-0.3, -0.25) is 4.79 Å². The minimum absolute atomic E-state index is 0.0697. The number of hydrogen-bond acceptors (Lipinski definition) is 2. The van der Waals surface area contributed by atoms with Crippen LogP contribution >= 0.6 is 0 Å². The van der Waals surface area contributed by atoms with Crippen molar-refractivity contribution < 1.29 is 9.21 Å². The summed E-state index contributed by atoms with van der Waals surface area (Å²) in [6.07, 6.45) is 3.93. The summed E-state index contributed by atoms with van der Waals surface area (Å²) in [5.74, 6) is 1.18. The smallest absolute Gasteiger partial charge is 0.289 e. The molecule has 1 amide bonds. The Hall–Kier alpha value is -2.81. The Kier molecular flexibility index (Phi) is 6.50. The average molecular weight is 458 g/mol. The highest BCUT2D eigenvalue weighted by molar-refractivity contribution is 5.91. The van der Waals surface area contributed by atoms with Crippen molar-refractivity contribution in [3.05, 3.63) is 93.9 Å².